The van der Waals surface area contributed by atoms with Gasteiger partial charge in [-0.1, -0.05) is 13.8 Å². The Labute approximate surface area is 246 Å². The minimum absolute atomic E-state index is 0.381. The average molecular weight is 664 g/mol. The minimum Gasteiger partial charge on any atom is -0.0654 e. The molecule has 0 aromatic rings. The molecule has 0 heterocycles. The van der Waals surface area contributed by atoms with Crippen molar-refractivity contribution in [3.8, 4) is 0 Å². The summed E-state index contributed by atoms with van der Waals surface area (Å²) < 4.78 is 13.2. The number of aliphatic hydroxyl groups excluding tert-OH is 2. The Morgan fingerprint density at radius 3 is 1.08 bits per heavy atom. The summed E-state index contributed by atoms with van der Waals surface area (Å²) in [4.78, 5) is 25.9. The molecule has 0 saturated heterocycles. The summed E-state index contributed by atoms with van der Waals surface area (Å²) in [5.41, 5.74) is 0. The molecule has 232 valence electrons. The summed E-state index contributed by atoms with van der Waals surface area (Å²) >= 11 is -4.19. The van der Waals surface area contributed by atoms with Crippen molar-refractivity contribution in [1.29, 1.82) is 0 Å². The van der Waals surface area contributed by atoms with Crippen LogP contribution < -0.4 is 0 Å². The summed E-state index contributed by atoms with van der Waals surface area (Å²) in [6, 6.07) is 0. The van der Waals surface area contributed by atoms with E-state index >= 15 is 0 Å². The fourth-order valence-corrected chi connectivity index (χ4v) is 14.9. The normalized spacial score (nSPS) is 13.3. The first-order valence-electron chi connectivity index (χ1n) is 16.7. The van der Waals surface area contributed by atoms with Crippen molar-refractivity contribution in [1.82, 2.24) is 0 Å². The van der Waals surface area contributed by atoms with Crippen molar-refractivity contribution in [2.24, 2.45) is 0 Å². The summed E-state index contributed by atoms with van der Waals surface area (Å²) in [6.45, 7) is 8.55. The molecular weight excluding hydrogens is 599 g/mol. The van der Waals surface area contributed by atoms with Gasteiger partial charge in [-0.2, -0.15) is 0 Å². The van der Waals surface area contributed by atoms with Crippen LogP contribution in [-0.2, 0) is 15.7 Å². The van der Waals surface area contributed by atoms with Gasteiger partial charge in [0.05, 0.1) is 0 Å². The first-order valence-corrected chi connectivity index (χ1v) is 23.0. The number of unbranched alkanes of at least 4 members (excludes halogenated alkanes) is 16. The molecule has 6 nitrogen and oxygen atoms in total. The zero-order chi connectivity index (χ0) is 29.2. The summed E-state index contributed by atoms with van der Waals surface area (Å²) in [7, 11) is 0. The molecule has 2 unspecified atom stereocenters. The third-order valence-corrected chi connectivity index (χ3v) is 17.2. The van der Waals surface area contributed by atoms with Gasteiger partial charge in [0.1, 0.15) is 0 Å². The average Bonchev–Trinajstić information content (AvgIpc) is 2.93. The molecule has 0 aliphatic heterocycles. The monoisotopic (exact) mass is 664 g/mol. The predicted octanol–water partition coefficient (Wildman–Crippen LogP) is 8.90. The van der Waals surface area contributed by atoms with Crippen molar-refractivity contribution in [2.45, 2.75) is 190 Å². The molecular formula is C32H64O6Sn. The Morgan fingerprint density at radius 1 is 0.487 bits per heavy atom. The van der Waals surface area contributed by atoms with E-state index in [0.717, 1.165) is 64.2 Å². The number of hydrogen-bond donors (Lipinski definition) is 2. The third-order valence-electron chi connectivity index (χ3n) is 7.60. The van der Waals surface area contributed by atoms with Gasteiger partial charge in [-0.05, 0) is 0 Å². The fourth-order valence-electron chi connectivity index (χ4n) is 4.92. The number of carbonyl (C=O) groups excluding carboxylic acids is 2. The van der Waals surface area contributed by atoms with Crippen LogP contribution in [0.5, 0.6) is 0 Å². The molecule has 0 saturated carbocycles. The van der Waals surface area contributed by atoms with E-state index in [4.69, 9.17) is 6.15 Å². The van der Waals surface area contributed by atoms with E-state index in [-0.39, 0.29) is 0 Å². The van der Waals surface area contributed by atoms with Crippen LogP contribution >= 0.6 is 0 Å². The second-order valence-corrected chi connectivity index (χ2v) is 20.7. The van der Waals surface area contributed by atoms with Gasteiger partial charge < -0.3 is 0 Å². The quantitative estimate of drug-likeness (QED) is 0.0642. The van der Waals surface area contributed by atoms with Gasteiger partial charge in [-0.25, -0.2) is 0 Å². The Morgan fingerprint density at radius 2 is 0.769 bits per heavy atom. The van der Waals surface area contributed by atoms with Crippen molar-refractivity contribution in [2.75, 3.05) is 0 Å². The van der Waals surface area contributed by atoms with Gasteiger partial charge in [0.15, 0.2) is 0 Å². The van der Waals surface area contributed by atoms with E-state index in [9.17, 15) is 19.8 Å². The van der Waals surface area contributed by atoms with Crippen LogP contribution in [0.1, 0.15) is 169 Å². The predicted molar refractivity (Wildman–Crippen MR) is 164 cm³/mol. The maximum atomic E-state index is 12.9. The van der Waals surface area contributed by atoms with Crippen LogP contribution in [0.25, 0.3) is 0 Å². The van der Waals surface area contributed by atoms with E-state index < -0.39 is 43.4 Å². The molecule has 7 heteroatoms. The van der Waals surface area contributed by atoms with E-state index in [1.807, 2.05) is 0 Å². The van der Waals surface area contributed by atoms with Crippen LogP contribution in [0.4, 0.5) is 0 Å². The van der Waals surface area contributed by atoms with Crippen LogP contribution in [0.3, 0.4) is 0 Å². The van der Waals surface area contributed by atoms with Gasteiger partial charge in [-0.3, -0.25) is 0 Å². The van der Waals surface area contributed by atoms with Crippen LogP contribution in [-0.4, -0.2) is 53.6 Å². The number of rotatable bonds is 28. The Hall–Kier alpha value is -0.341. The Kier molecular flexibility index (Phi) is 26.3. The van der Waals surface area contributed by atoms with E-state index in [0.29, 0.717) is 21.7 Å². The van der Waals surface area contributed by atoms with Crippen LogP contribution in [0.2, 0.25) is 8.87 Å². The molecule has 0 fully saturated rings. The van der Waals surface area contributed by atoms with Gasteiger partial charge >= 0.3 is 233 Å². The number of hydrogen-bond acceptors (Lipinski definition) is 6. The molecule has 0 amide bonds. The van der Waals surface area contributed by atoms with E-state index in [1.165, 1.54) is 64.2 Å². The molecule has 2 atom stereocenters. The molecule has 2 N–H and O–H groups in total. The molecule has 0 aliphatic carbocycles. The summed E-state index contributed by atoms with van der Waals surface area (Å²) in [6.07, 6.45) is 20.2. The van der Waals surface area contributed by atoms with Crippen LogP contribution in [0.15, 0.2) is 0 Å². The molecule has 0 aliphatic rings. The van der Waals surface area contributed by atoms with Gasteiger partial charge in [-0.15, -0.1) is 0 Å². The molecule has 39 heavy (non-hydrogen) atoms. The molecule has 0 aromatic heterocycles. The van der Waals surface area contributed by atoms with E-state index in [2.05, 4.69) is 27.7 Å². The third kappa shape index (κ3) is 21.1. The SMILES string of the molecule is CCCCCCCCCCC(O)C(=O)[O][Sn]([CH2]CCC)([CH2]CCC)[O]C(=O)C(O)CCCCCCCCCC. The zero-order valence-corrected chi connectivity index (χ0v) is 29.0. The minimum atomic E-state index is -4.19. The van der Waals surface area contributed by atoms with Crippen molar-refractivity contribution in [3.05, 3.63) is 0 Å². The first kappa shape index (κ1) is 38.7. The standard InChI is InChI=1S/2C12H24O3.2C4H9.Sn/c2*1-2-3-4-5-6-7-8-9-10-11(13)12(14)15;2*1-3-4-2;/h2*11,13H,2-10H2,1H3,(H,14,15);2*1,3-4H2,2H3;/q;;;;+2/p-2. The fraction of sp³-hybridized carbons (Fsp3) is 0.938. The Bertz CT molecular complexity index is 535. The van der Waals surface area contributed by atoms with Gasteiger partial charge in [0, 0.05) is 0 Å². The van der Waals surface area contributed by atoms with Crippen molar-refractivity contribution in [3.63, 3.8) is 0 Å². The van der Waals surface area contributed by atoms with Crippen molar-refractivity contribution < 1.29 is 26.0 Å². The number of aliphatic hydroxyl groups is 2. The molecule has 0 aromatic carbocycles. The van der Waals surface area contributed by atoms with Gasteiger partial charge in [0.25, 0.3) is 0 Å². The molecule has 0 rings (SSSR count). The molecule has 0 bridgehead atoms. The zero-order valence-electron chi connectivity index (χ0n) is 26.2. The first-order chi connectivity index (χ1) is 18.9. The second-order valence-electron chi connectivity index (χ2n) is 11.5. The number of carbonyl (C=O) groups is 2. The molecule has 0 spiro atoms. The molecule has 0 radical (unpaired) electrons. The van der Waals surface area contributed by atoms with E-state index in [1.54, 1.807) is 0 Å². The summed E-state index contributed by atoms with van der Waals surface area (Å²) in [5.74, 6) is -1.27. The van der Waals surface area contributed by atoms with Crippen LogP contribution in [0, 0.1) is 0 Å². The topological polar surface area (TPSA) is 93.1 Å². The Balaban J connectivity index is 4.83. The maximum absolute atomic E-state index is 12.9. The summed E-state index contributed by atoms with van der Waals surface area (Å²) in [5, 5.41) is 21.1. The van der Waals surface area contributed by atoms with Gasteiger partial charge in [0.2, 0.25) is 0 Å². The smallest absolute Gasteiger partial charge is 0.0654 e. The van der Waals surface area contributed by atoms with Crippen molar-refractivity contribution >= 4 is 31.1 Å². The second kappa shape index (κ2) is 26.6.